The number of fused-ring (bicyclic) bond motifs is 1. The molecule has 160 valence electrons. The van der Waals surface area contributed by atoms with Gasteiger partial charge in [0.1, 0.15) is 5.76 Å². The maximum atomic E-state index is 13.1. The summed E-state index contributed by atoms with van der Waals surface area (Å²) in [5.74, 6) is -1.42. The van der Waals surface area contributed by atoms with E-state index < -0.39 is 17.7 Å². The van der Waals surface area contributed by atoms with Crippen LogP contribution in [-0.2, 0) is 20.7 Å². The van der Waals surface area contributed by atoms with E-state index in [1.165, 1.54) is 0 Å². The van der Waals surface area contributed by atoms with Gasteiger partial charge in [-0.1, -0.05) is 49.4 Å². The van der Waals surface area contributed by atoms with E-state index in [9.17, 15) is 14.7 Å². The zero-order chi connectivity index (χ0) is 22.0. The van der Waals surface area contributed by atoms with Crippen molar-refractivity contribution in [3.05, 3.63) is 77.0 Å². The number of Topliss-reactive ketones (excluding diaryl/α,β-unsaturated/α-hetero) is 1. The van der Waals surface area contributed by atoms with Crippen LogP contribution in [0.25, 0.3) is 16.7 Å². The summed E-state index contributed by atoms with van der Waals surface area (Å²) in [6, 6.07) is 14.8. The van der Waals surface area contributed by atoms with Gasteiger partial charge >= 0.3 is 0 Å². The van der Waals surface area contributed by atoms with Crippen molar-refractivity contribution in [2.45, 2.75) is 25.8 Å². The number of carbonyl (C=O) groups is 2. The van der Waals surface area contributed by atoms with Gasteiger partial charge in [0.05, 0.1) is 11.6 Å². The van der Waals surface area contributed by atoms with Gasteiger partial charge in [-0.3, -0.25) is 9.59 Å². The predicted octanol–water partition coefficient (Wildman–Crippen LogP) is 4.19. The van der Waals surface area contributed by atoms with Gasteiger partial charge in [0.25, 0.3) is 11.7 Å². The van der Waals surface area contributed by atoms with Gasteiger partial charge in [-0.25, -0.2) is 0 Å². The Labute approximate surface area is 181 Å². The lowest BCUT2D eigenvalue weighted by Gasteiger charge is -2.25. The molecule has 3 aromatic rings. The molecule has 0 spiro atoms. The van der Waals surface area contributed by atoms with Crippen LogP contribution in [0.1, 0.15) is 36.1 Å². The average molecular weight is 418 g/mol. The SMILES string of the molecule is CCc1ccc(C2/C(=C(/O)c3c[nH]c4ccccc34)C(=O)C(=O)N2CCCOC)cc1. The van der Waals surface area contributed by atoms with E-state index in [2.05, 4.69) is 11.9 Å². The molecular formula is C25H26N2O4. The van der Waals surface area contributed by atoms with E-state index >= 15 is 0 Å². The van der Waals surface area contributed by atoms with Gasteiger partial charge in [-0.05, 0) is 30.0 Å². The van der Waals surface area contributed by atoms with Gasteiger partial charge in [0.2, 0.25) is 0 Å². The molecule has 6 nitrogen and oxygen atoms in total. The van der Waals surface area contributed by atoms with E-state index in [1.807, 2.05) is 48.5 Å². The number of aryl methyl sites for hydroxylation is 1. The molecule has 4 rings (SSSR count). The number of carbonyl (C=O) groups excluding carboxylic acids is 2. The van der Waals surface area contributed by atoms with Crippen molar-refractivity contribution >= 4 is 28.4 Å². The third-order valence-corrected chi connectivity index (χ3v) is 5.84. The van der Waals surface area contributed by atoms with Gasteiger partial charge in [-0.2, -0.15) is 0 Å². The van der Waals surface area contributed by atoms with Crippen LogP contribution in [0, 0.1) is 0 Å². The number of para-hydroxylation sites is 1. The highest BCUT2D eigenvalue weighted by molar-refractivity contribution is 6.46. The second-order valence-electron chi connectivity index (χ2n) is 7.68. The number of hydrogen-bond acceptors (Lipinski definition) is 4. The molecule has 31 heavy (non-hydrogen) atoms. The van der Waals surface area contributed by atoms with Crippen LogP contribution in [0.15, 0.2) is 60.3 Å². The molecule has 1 unspecified atom stereocenters. The molecule has 0 aliphatic carbocycles. The number of amides is 1. The zero-order valence-corrected chi connectivity index (χ0v) is 17.7. The normalized spacial score (nSPS) is 18.3. The first-order valence-electron chi connectivity index (χ1n) is 10.5. The van der Waals surface area contributed by atoms with Gasteiger partial charge in [-0.15, -0.1) is 0 Å². The summed E-state index contributed by atoms with van der Waals surface area (Å²) in [4.78, 5) is 30.7. The summed E-state index contributed by atoms with van der Waals surface area (Å²) >= 11 is 0. The third-order valence-electron chi connectivity index (χ3n) is 5.84. The minimum Gasteiger partial charge on any atom is -0.507 e. The lowest BCUT2D eigenvalue weighted by atomic mass is 9.94. The number of H-pyrrole nitrogens is 1. The molecule has 1 saturated heterocycles. The Bertz CT molecular complexity index is 1140. The number of methoxy groups -OCH3 is 1. The van der Waals surface area contributed by atoms with Crippen molar-refractivity contribution in [3.63, 3.8) is 0 Å². The summed E-state index contributed by atoms with van der Waals surface area (Å²) in [5, 5.41) is 12.0. The fourth-order valence-electron chi connectivity index (χ4n) is 4.18. The first-order valence-corrected chi connectivity index (χ1v) is 10.5. The molecule has 0 radical (unpaired) electrons. The average Bonchev–Trinajstić information content (AvgIpc) is 3.33. The Morgan fingerprint density at radius 2 is 1.87 bits per heavy atom. The monoisotopic (exact) mass is 418 g/mol. The Hall–Kier alpha value is -3.38. The number of aliphatic hydroxyl groups is 1. The highest BCUT2D eigenvalue weighted by atomic mass is 16.5. The number of aromatic amines is 1. The zero-order valence-electron chi connectivity index (χ0n) is 17.7. The molecule has 6 heteroatoms. The van der Waals surface area contributed by atoms with E-state index in [-0.39, 0.29) is 11.3 Å². The van der Waals surface area contributed by atoms with E-state index in [0.29, 0.717) is 25.1 Å². The van der Waals surface area contributed by atoms with Crippen molar-refractivity contribution in [1.82, 2.24) is 9.88 Å². The van der Waals surface area contributed by atoms with E-state index in [0.717, 1.165) is 28.5 Å². The molecule has 0 saturated carbocycles. The number of benzene rings is 2. The van der Waals surface area contributed by atoms with Crippen molar-refractivity contribution in [3.8, 4) is 0 Å². The fourth-order valence-corrected chi connectivity index (χ4v) is 4.18. The second-order valence-corrected chi connectivity index (χ2v) is 7.68. The first kappa shape index (κ1) is 20.9. The molecule has 2 aromatic carbocycles. The number of ketones is 1. The van der Waals surface area contributed by atoms with Crippen molar-refractivity contribution in [2.75, 3.05) is 20.3 Å². The Kier molecular flexibility index (Phi) is 5.91. The number of rotatable bonds is 7. The Balaban J connectivity index is 1.85. The number of nitrogens with one attached hydrogen (secondary N) is 1. The molecule has 0 bridgehead atoms. The van der Waals surface area contributed by atoms with Crippen LogP contribution < -0.4 is 0 Å². The predicted molar refractivity (Wildman–Crippen MR) is 120 cm³/mol. The van der Waals surface area contributed by atoms with Crippen LogP contribution in [0.2, 0.25) is 0 Å². The summed E-state index contributed by atoms with van der Waals surface area (Å²) < 4.78 is 5.13. The maximum Gasteiger partial charge on any atom is 0.295 e. The standard InChI is InChI=1S/C25H26N2O4/c1-3-16-9-11-17(12-10-16)22-21(24(29)25(30)27(22)13-6-14-31-2)23(28)19-15-26-20-8-5-4-7-18(19)20/h4-5,7-12,15,22,26,28H,3,6,13-14H2,1-2H3/b23-21-. The van der Waals surface area contributed by atoms with Gasteiger partial charge < -0.3 is 19.7 Å². The third kappa shape index (κ3) is 3.75. The second kappa shape index (κ2) is 8.78. The smallest absolute Gasteiger partial charge is 0.295 e. The molecule has 2 heterocycles. The number of nitrogens with zero attached hydrogens (tertiary/aromatic N) is 1. The number of aliphatic hydroxyl groups excluding tert-OH is 1. The number of likely N-dealkylation sites (tertiary alicyclic amines) is 1. The minimum absolute atomic E-state index is 0.122. The van der Waals surface area contributed by atoms with Crippen LogP contribution in [0.4, 0.5) is 0 Å². The summed E-state index contributed by atoms with van der Waals surface area (Å²) in [6.07, 6.45) is 3.17. The van der Waals surface area contributed by atoms with Crippen molar-refractivity contribution in [2.24, 2.45) is 0 Å². The molecule has 1 fully saturated rings. The van der Waals surface area contributed by atoms with E-state index in [1.54, 1.807) is 18.2 Å². The topological polar surface area (TPSA) is 82.6 Å². The number of aromatic nitrogens is 1. The van der Waals surface area contributed by atoms with Crippen LogP contribution in [0.5, 0.6) is 0 Å². The molecule has 1 amide bonds. The highest BCUT2D eigenvalue weighted by Gasteiger charge is 2.45. The maximum absolute atomic E-state index is 13.1. The van der Waals surface area contributed by atoms with Crippen LogP contribution in [-0.4, -0.2) is 46.9 Å². The van der Waals surface area contributed by atoms with Crippen molar-refractivity contribution < 1.29 is 19.4 Å². The number of hydrogen-bond donors (Lipinski definition) is 2. The highest BCUT2D eigenvalue weighted by Crippen LogP contribution is 2.40. The van der Waals surface area contributed by atoms with Crippen LogP contribution >= 0.6 is 0 Å². The molecule has 1 atom stereocenters. The Morgan fingerprint density at radius 1 is 1.13 bits per heavy atom. The first-order chi connectivity index (χ1) is 15.1. The molecule has 1 aromatic heterocycles. The van der Waals surface area contributed by atoms with Crippen LogP contribution in [0.3, 0.4) is 0 Å². The minimum atomic E-state index is -0.662. The largest absolute Gasteiger partial charge is 0.507 e. The summed E-state index contributed by atoms with van der Waals surface area (Å²) in [6.45, 7) is 2.92. The van der Waals surface area contributed by atoms with Gasteiger partial charge in [0, 0.05) is 42.9 Å². The lowest BCUT2D eigenvalue weighted by Crippen LogP contribution is -2.31. The summed E-state index contributed by atoms with van der Waals surface area (Å²) in [7, 11) is 1.60. The van der Waals surface area contributed by atoms with Gasteiger partial charge in [0.15, 0.2) is 0 Å². The summed E-state index contributed by atoms with van der Waals surface area (Å²) in [5.41, 5.74) is 3.45. The Morgan fingerprint density at radius 3 is 2.58 bits per heavy atom. The lowest BCUT2D eigenvalue weighted by molar-refractivity contribution is -0.140. The van der Waals surface area contributed by atoms with E-state index in [4.69, 9.17) is 4.74 Å². The molecular weight excluding hydrogens is 392 g/mol. The molecule has 2 N–H and O–H groups in total. The number of ether oxygens (including phenoxy) is 1. The molecule has 1 aliphatic rings. The van der Waals surface area contributed by atoms with Crippen molar-refractivity contribution in [1.29, 1.82) is 0 Å². The fraction of sp³-hybridized carbons (Fsp3) is 0.280. The quantitative estimate of drug-likeness (QED) is 0.261. The molecule has 1 aliphatic heterocycles.